The molecule has 0 saturated heterocycles. The maximum Gasteiger partial charge on any atom is 0.188 e. The summed E-state index contributed by atoms with van der Waals surface area (Å²) in [6.07, 6.45) is 0. The largest absolute Gasteiger partial charge is 0.378 e. The van der Waals surface area contributed by atoms with Gasteiger partial charge in [0, 0.05) is 12.5 Å². The van der Waals surface area contributed by atoms with E-state index in [1.54, 1.807) is 11.8 Å². The highest BCUT2D eigenvalue weighted by Gasteiger charge is 2.15. The van der Waals surface area contributed by atoms with Gasteiger partial charge in [0.05, 0.1) is 12.3 Å². The Morgan fingerprint density at radius 1 is 1.20 bits per heavy atom. The van der Waals surface area contributed by atoms with Gasteiger partial charge in [-0.1, -0.05) is 41.6 Å². The van der Waals surface area contributed by atoms with Crippen LogP contribution in [-0.4, -0.2) is 22.1 Å². The molecule has 0 N–H and O–H groups in total. The fourth-order valence-electron chi connectivity index (χ4n) is 2.24. The van der Waals surface area contributed by atoms with E-state index in [1.165, 1.54) is 0 Å². The quantitative estimate of drug-likeness (QED) is 0.728. The van der Waals surface area contributed by atoms with E-state index in [0.717, 1.165) is 16.5 Å². The van der Waals surface area contributed by atoms with Crippen molar-refractivity contribution in [3.05, 3.63) is 53.9 Å². The molecule has 5 nitrogen and oxygen atoms in total. The molecular weight excluding hydrogens is 252 g/mol. The lowest BCUT2D eigenvalue weighted by molar-refractivity contribution is 0.179. The van der Waals surface area contributed by atoms with Crippen molar-refractivity contribution in [3.63, 3.8) is 0 Å². The van der Waals surface area contributed by atoms with Crippen molar-refractivity contribution >= 4 is 10.8 Å². The van der Waals surface area contributed by atoms with Crippen molar-refractivity contribution in [2.75, 3.05) is 7.11 Å². The Bertz CT molecular complexity index is 796. The topological polar surface area (TPSA) is 63.7 Å². The molecule has 0 unspecified atom stereocenters. The zero-order valence-electron chi connectivity index (χ0n) is 10.9. The van der Waals surface area contributed by atoms with Gasteiger partial charge in [0.25, 0.3) is 0 Å². The number of nitrogens with zero attached hydrogens (tertiary/aromatic N) is 4. The molecule has 0 fully saturated rings. The number of methoxy groups -OCH3 is 1. The molecule has 3 rings (SSSR count). The van der Waals surface area contributed by atoms with Gasteiger partial charge in [-0.05, 0) is 11.5 Å². The van der Waals surface area contributed by atoms with Crippen LogP contribution in [0.5, 0.6) is 0 Å². The number of aromatic nitrogens is 3. The number of fused-ring (bicyclic) bond motifs is 1. The Kier molecular flexibility index (Phi) is 3.15. The maximum absolute atomic E-state index is 9.10. The van der Waals surface area contributed by atoms with Crippen molar-refractivity contribution in [3.8, 4) is 11.8 Å². The maximum atomic E-state index is 9.10. The first-order chi connectivity index (χ1) is 9.85. The van der Waals surface area contributed by atoms with Crippen LogP contribution in [-0.2, 0) is 11.3 Å². The fourth-order valence-corrected chi connectivity index (χ4v) is 2.24. The second-order valence-corrected chi connectivity index (χ2v) is 4.34. The number of benzene rings is 2. The summed E-state index contributed by atoms with van der Waals surface area (Å²) in [5, 5.41) is 19.3. The summed E-state index contributed by atoms with van der Waals surface area (Å²) in [6.45, 7) is 0.291. The van der Waals surface area contributed by atoms with Crippen LogP contribution in [0.4, 0.5) is 0 Å². The molecule has 5 heteroatoms. The van der Waals surface area contributed by atoms with Crippen LogP contribution < -0.4 is 0 Å². The Balaban J connectivity index is 2.26. The summed E-state index contributed by atoms with van der Waals surface area (Å²) in [4.78, 5) is 0. The number of nitriles is 1. The van der Waals surface area contributed by atoms with E-state index >= 15 is 0 Å². The molecule has 0 spiro atoms. The fraction of sp³-hybridized carbons (Fsp3) is 0.133. The first-order valence-electron chi connectivity index (χ1n) is 6.17. The standard InChI is InChI=1S/C15H12N4O/c1-20-10-15-13(9-16)17-18-19(15)14-8-4-6-11-5-2-3-7-12(11)14/h2-8H,10H2,1H3. The van der Waals surface area contributed by atoms with Gasteiger partial charge in [0.15, 0.2) is 5.69 Å². The van der Waals surface area contributed by atoms with Gasteiger partial charge in [0.2, 0.25) is 0 Å². The van der Waals surface area contributed by atoms with Crippen LogP contribution in [0.25, 0.3) is 16.5 Å². The van der Waals surface area contributed by atoms with Crippen LogP contribution in [0.2, 0.25) is 0 Å². The van der Waals surface area contributed by atoms with Crippen LogP contribution in [0.3, 0.4) is 0 Å². The van der Waals surface area contributed by atoms with Gasteiger partial charge in [-0.3, -0.25) is 0 Å². The van der Waals surface area contributed by atoms with E-state index < -0.39 is 0 Å². The third-order valence-corrected chi connectivity index (χ3v) is 3.14. The lowest BCUT2D eigenvalue weighted by Crippen LogP contribution is -2.05. The second-order valence-electron chi connectivity index (χ2n) is 4.34. The van der Waals surface area contributed by atoms with E-state index in [4.69, 9.17) is 10.00 Å². The van der Waals surface area contributed by atoms with Gasteiger partial charge in [0.1, 0.15) is 11.8 Å². The van der Waals surface area contributed by atoms with E-state index in [0.29, 0.717) is 18.0 Å². The molecule has 98 valence electrons. The first-order valence-corrected chi connectivity index (χ1v) is 6.17. The van der Waals surface area contributed by atoms with Crippen molar-refractivity contribution in [1.29, 1.82) is 5.26 Å². The molecular formula is C15H12N4O. The lowest BCUT2D eigenvalue weighted by atomic mass is 10.1. The normalized spacial score (nSPS) is 10.6. The second kappa shape index (κ2) is 5.11. The number of rotatable bonds is 3. The summed E-state index contributed by atoms with van der Waals surface area (Å²) in [5.74, 6) is 0. The third kappa shape index (κ3) is 1.92. The third-order valence-electron chi connectivity index (χ3n) is 3.14. The molecule has 0 atom stereocenters. The molecule has 0 aliphatic carbocycles. The molecule has 2 aromatic carbocycles. The average molecular weight is 264 g/mol. The number of hydrogen-bond donors (Lipinski definition) is 0. The monoisotopic (exact) mass is 264 g/mol. The first kappa shape index (κ1) is 12.3. The summed E-state index contributed by atoms with van der Waals surface area (Å²) in [5.41, 5.74) is 1.84. The highest BCUT2D eigenvalue weighted by atomic mass is 16.5. The Morgan fingerprint density at radius 2 is 2.00 bits per heavy atom. The molecule has 20 heavy (non-hydrogen) atoms. The van der Waals surface area contributed by atoms with Crippen LogP contribution in [0, 0.1) is 11.3 Å². The van der Waals surface area contributed by atoms with Gasteiger partial charge in [-0.15, -0.1) is 5.10 Å². The van der Waals surface area contributed by atoms with Crippen molar-refractivity contribution in [1.82, 2.24) is 15.0 Å². The zero-order valence-corrected chi connectivity index (χ0v) is 10.9. The van der Waals surface area contributed by atoms with Crippen LogP contribution in [0.1, 0.15) is 11.4 Å². The molecule has 0 aliphatic rings. The molecule has 0 aliphatic heterocycles. The minimum absolute atomic E-state index is 0.291. The highest BCUT2D eigenvalue weighted by molar-refractivity contribution is 5.90. The molecule has 0 radical (unpaired) electrons. The predicted octanol–water partition coefficient (Wildman–Crippen LogP) is 2.44. The molecule has 0 amide bonds. The summed E-state index contributed by atoms with van der Waals surface area (Å²) >= 11 is 0. The van der Waals surface area contributed by atoms with Crippen molar-refractivity contribution in [2.24, 2.45) is 0 Å². The Morgan fingerprint density at radius 3 is 2.80 bits per heavy atom. The predicted molar refractivity (Wildman–Crippen MR) is 74.3 cm³/mol. The molecule has 1 aromatic heterocycles. The van der Waals surface area contributed by atoms with Crippen LogP contribution >= 0.6 is 0 Å². The van der Waals surface area contributed by atoms with E-state index in [2.05, 4.69) is 10.3 Å². The van der Waals surface area contributed by atoms with Crippen molar-refractivity contribution < 1.29 is 4.74 Å². The van der Waals surface area contributed by atoms with Gasteiger partial charge < -0.3 is 4.74 Å². The highest BCUT2D eigenvalue weighted by Crippen LogP contribution is 2.23. The molecule has 3 aromatic rings. The summed E-state index contributed by atoms with van der Waals surface area (Å²) in [6, 6.07) is 16.0. The summed E-state index contributed by atoms with van der Waals surface area (Å²) in [7, 11) is 1.58. The van der Waals surface area contributed by atoms with E-state index in [9.17, 15) is 0 Å². The summed E-state index contributed by atoms with van der Waals surface area (Å²) < 4.78 is 6.82. The van der Waals surface area contributed by atoms with Gasteiger partial charge in [-0.25, -0.2) is 4.68 Å². The van der Waals surface area contributed by atoms with E-state index in [1.807, 2.05) is 48.5 Å². The van der Waals surface area contributed by atoms with Crippen LogP contribution in [0.15, 0.2) is 42.5 Å². The van der Waals surface area contributed by atoms with Crippen molar-refractivity contribution in [2.45, 2.75) is 6.61 Å². The minimum Gasteiger partial charge on any atom is -0.378 e. The lowest BCUT2D eigenvalue weighted by Gasteiger charge is -2.09. The number of ether oxygens (including phenoxy) is 1. The SMILES string of the molecule is COCc1c(C#N)nnn1-c1cccc2ccccc12. The Hall–Kier alpha value is -2.71. The average Bonchev–Trinajstić information content (AvgIpc) is 2.90. The molecule has 0 saturated carbocycles. The zero-order chi connectivity index (χ0) is 13.9. The van der Waals surface area contributed by atoms with E-state index in [-0.39, 0.29) is 0 Å². The smallest absolute Gasteiger partial charge is 0.188 e. The number of hydrogen-bond acceptors (Lipinski definition) is 4. The molecule has 0 bridgehead atoms. The van der Waals surface area contributed by atoms with Gasteiger partial charge >= 0.3 is 0 Å². The Labute approximate surface area is 116 Å². The van der Waals surface area contributed by atoms with Gasteiger partial charge in [-0.2, -0.15) is 5.26 Å². The minimum atomic E-state index is 0.291. The molecule has 1 heterocycles.